The van der Waals surface area contributed by atoms with Gasteiger partial charge in [-0.2, -0.15) is 0 Å². The number of carbonyl (C=O) groups excluding carboxylic acids is 1. The predicted octanol–water partition coefficient (Wildman–Crippen LogP) is 2.13. The van der Waals surface area contributed by atoms with E-state index < -0.39 is 0 Å². The number of pyridine rings is 1. The quantitative estimate of drug-likeness (QED) is 0.943. The van der Waals surface area contributed by atoms with Crippen LogP contribution in [0.1, 0.15) is 22.3 Å². The largest absolute Gasteiger partial charge is 0.334 e. The van der Waals surface area contributed by atoms with Crippen molar-refractivity contribution in [3.05, 3.63) is 66.0 Å². The molecule has 1 N–H and O–H groups in total. The number of nitrogens with zero attached hydrogens (tertiary/aromatic N) is 2. The minimum absolute atomic E-state index is 0.0812. The van der Waals surface area contributed by atoms with Gasteiger partial charge < -0.3 is 10.2 Å². The van der Waals surface area contributed by atoms with Crippen molar-refractivity contribution < 1.29 is 4.79 Å². The van der Waals surface area contributed by atoms with Gasteiger partial charge in [0.15, 0.2) is 0 Å². The molecule has 114 valence electrons. The summed E-state index contributed by atoms with van der Waals surface area (Å²) in [6.45, 7) is 2.58. The Bertz CT molecular complexity index is 600. The van der Waals surface area contributed by atoms with Crippen LogP contribution in [0.4, 0.5) is 0 Å². The first-order chi connectivity index (χ1) is 10.8. The summed E-state index contributed by atoms with van der Waals surface area (Å²) in [5.74, 6) is 0.0812. The fourth-order valence-electron chi connectivity index (χ4n) is 2.93. The number of benzene rings is 1. The minimum atomic E-state index is 0.0812. The van der Waals surface area contributed by atoms with Gasteiger partial charge in [-0.05, 0) is 37.1 Å². The van der Waals surface area contributed by atoms with Gasteiger partial charge in [0.2, 0.25) is 0 Å². The maximum atomic E-state index is 12.8. The minimum Gasteiger partial charge on any atom is -0.334 e. The Kier molecular flexibility index (Phi) is 4.81. The highest BCUT2D eigenvalue weighted by molar-refractivity contribution is 5.94. The molecule has 2 aromatic rings. The monoisotopic (exact) mass is 295 g/mol. The molecule has 0 saturated carbocycles. The highest BCUT2D eigenvalue weighted by Crippen LogP contribution is 2.15. The first-order valence-electron chi connectivity index (χ1n) is 7.80. The molecule has 1 fully saturated rings. The number of amides is 1. The molecule has 0 bridgehead atoms. The van der Waals surface area contributed by atoms with E-state index in [9.17, 15) is 4.79 Å². The summed E-state index contributed by atoms with van der Waals surface area (Å²) in [6.07, 6.45) is 5.21. The van der Waals surface area contributed by atoms with E-state index in [0.717, 1.165) is 32.5 Å². The van der Waals surface area contributed by atoms with E-state index >= 15 is 0 Å². The van der Waals surface area contributed by atoms with E-state index in [0.29, 0.717) is 5.56 Å². The molecule has 0 spiro atoms. The highest BCUT2D eigenvalue weighted by atomic mass is 16.2. The lowest BCUT2D eigenvalue weighted by Gasteiger charge is -2.30. The topological polar surface area (TPSA) is 45.2 Å². The molecule has 2 heterocycles. The van der Waals surface area contributed by atoms with Crippen molar-refractivity contribution in [1.29, 1.82) is 0 Å². The molecule has 1 aromatic heterocycles. The first kappa shape index (κ1) is 14.7. The zero-order chi connectivity index (χ0) is 15.2. The molecular formula is C18H21N3O. The van der Waals surface area contributed by atoms with Crippen molar-refractivity contribution in [3.63, 3.8) is 0 Å². The van der Waals surface area contributed by atoms with Crippen molar-refractivity contribution in [3.8, 4) is 0 Å². The van der Waals surface area contributed by atoms with Crippen LogP contribution in [-0.2, 0) is 6.42 Å². The molecule has 0 radical (unpaired) electrons. The van der Waals surface area contributed by atoms with Crippen molar-refractivity contribution in [1.82, 2.24) is 15.2 Å². The van der Waals surface area contributed by atoms with E-state index in [1.54, 1.807) is 12.4 Å². The van der Waals surface area contributed by atoms with Crippen LogP contribution in [-0.4, -0.2) is 41.5 Å². The van der Waals surface area contributed by atoms with Crippen LogP contribution in [0.25, 0.3) is 0 Å². The molecule has 4 nitrogen and oxygen atoms in total. The van der Waals surface area contributed by atoms with Gasteiger partial charge in [-0.15, -0.1) is 0 Å². The Hall–Kier alpha value is -2.20. The van der Waals surface area contributed by atoms with Gasteiger partial charge in [0.1, 0.15) is 0 Å². The van der Waals surface area contributed by atoms with E-state index in [2.05, 4.69) is 22.4 Å². The van der Waals surface area contributed by atoms with Gasteiger partial charge in [0.25, 0.3) is 5.91 Å². The molecule has 1 amide bonds. The third kappa shape index (κ3) is 3.52. The van der Waals surface area contributed by atoms with Crippen molar-refractivity contribution in [2.75, 3.05) is 19.6 Å². The Labute approximate surface area is 131 Å². The maximum Gasteiger partial charge on any atom is 0.255 e. The molecule has 4 heteroatoms. The predicted molar refractivity (Wildman–Crippen MR) is 86.7 cm³/mol. The summed E-state index contributed by atoms with van der Waals surface area (Å²) < 4.78 is 0. The molecule has 1 aliphatic rings. The van der Waals surface area contributed by atoms with Crippen molar-refractivity contribution in [2.24, 2.45) is 0 Å². The lowest BCUT2D eigenvalue weighted by Crippen LogP contribution is -2.45. The second-order valence-corrected chi connectivity index (χ2v) is 5.64. The molecular weight excluding hydrogens is 274 g/mol. The van der Waals surface area contributed by atoms with Crippen LogP contribution in [0.2, 0.25) is 0 Å². The van der Waals surface area contributed by atoms with Crippen LogP contribution in [0, 0.1) is 0 Å². The molecule has 1 aromatic carbocycles. The second kappa shape index (κ2) is 7.18. The van der Waals surface area contributed by atoms with Crippen LogP contribution in [0.3, 0.4) is 0 Å². The SMILES string of the molecule is O=C(c1cccnc1)N1CCCNCC1Cc1ccccc1. The number of carbonyl (C=O) groups is 1. The average molecular weight is 295 g/mol. The average Bonchev–Trinajstić information content (AvgIpc) is 2.81. The van der Waals surface area contributed by atoms with Gasteiger partial charge in [-0.3, -0.25) is 9.78 Å². The summed E-state index contributed by atoms with van der Waals surface area (Å²) in [6, 6.07) is 14.2. The Morgan fingerprint density at radius 3 is 2.86 bits per heavy atom. The first-order valence-corrected chi connectivity index (χ1v) is 7.80. The maximum absolute atomic E-state index is 12.8. The fraction of sp³-hybridized carbons (Fsp3) is 0.333. The normalized spacial score (nSPS) is 18.7. The number of hydrogen-bond acceptors (Lipinski definition) is 3. The van der Waals surface area contributed by atoms with Crippen molar-refractivity contribution in [2.45, 2.75) is 18.9 Å². The standard InChI is InChI=1S/C18H21N3O/c22-18(16-8-4-9-19-13-16)21-11-5-10-20-14-17(21)12-15-6-2-1-3-7-15/h1-4,6-9,13,17,20H,5,10-12,14H2. The smallest absolute Gasteiger partial charge is 0.255 e. The Balaban J connectivity index is 1.80. The molecule has 22 heavy (non-hydrogen) atoms. The summed E-state index contributed by atoms with van der Waals surface area (Å²) in [4.78, 5) is 18.9. The highest BCUT2D eigenvalue weighted by Gasteiger charge is 2.26. The van der Waals surface area contributed by atoms with Gasteiger partial charge in [0, 0.05) is 31.5 Å². The number of hydrogen-bond donors (Lipinski definition) is 1. The molecule has 1 saturated heterocycles. The summed E-state index contributed by atoms with van der Waals surface area (Å²) in [5.41, 5.74) is 1.93. The Morgan fingerprint density at radius 2 is 2.09 bits per heavy atom. The molecule has 0 aliphatic carbocycles. The lowest BCUT2D eigenvalue weighted by atomic mass is 10.0. The third-order valence-corrected chi connectivity index (χ3v) is 4.06. The Morgan fingerprint density at radius 1 is 1.23 bits per heavy atom. The number of rotatable bonds is 3. The second-order valence-electron chi connectivity index (χ2n) is 5.64. The molecule has 1 atom stereocenters. The van der Waals surface area contributed by atoms with Crippen LogP contribution < -0.4 is 5.32 Å². The van der Waals surface area contributed by atoms with Gasteiger partial charge >= 0.3 is 0 Å². The van der Waals surface area contributed by atoms with Crippen LogP contribution >= 0.6 is 0 Å². The van der Waals surface area contributed by atoms with Crippen LogP contribution in [0.5, 0.6) is 0 Å². The van der Waals surface area contributed by atoms with Gasteiger partial charge in [0.05, 0.1) is 5.56 Å². The summed E-state index contributed by atoms with van der Waals surface area (Å²) in [7, 11) is 0. The van der Waals surface area contributed by atoms with Gasteiger partial charge in [-0.1, -0.05) is 30.3 Å². The summed E-state index contributed by atoms with van der Waals surface area (Å²) in [5, 5.41) is 3.44. The molecule has 1 aliphatic heterocycles. The van der Waals surface area contributed by atoms with E-state index in [-0.39, 0.29) is 11.9 Å². The zero-order valence-electron chi connectivity index (χ0n) is 12.6. The van der Waals surface area contributed by atoms with E-state index in [1.165, 1.54) is 5.56 Å². The molecule has 1 unspecified atom stereocenters. The fourth-order valence-corrected chi connectivity index (χ4v) is 2.93. The third-order valence-electron chi connectivity index (χ3n) is 4.06. The summed E-state index contributed by atoms with van der Waals surface area (Å²) >= 11 is 0. The number of aromatic nitrogens is 1. The van der Waals surface area contributed by atoms with E-state index in [4.69, 9.17) is 0 Å². The molecule has 3 rings (SSSR count). The zero-order valence-corrected chi connectivity index (χ0v) is 12.6. The van der Waals surface area contributed by atoms with E-state index in [1.807, 2.05) is 35.2 Å². The van der Waals surface area contributed by atoms with Gasteiger partial charge in [-0.25, -0.2) is 0 Å². The van der Waals surface area contributed by atoms with Crippen molar-refractivity contribution >= 4 is 5.91 Å². The lowest BCUT2D eigenvalue weighted by molar-refractivity contribution is 0.0692. The number of nitrogens with one attached hydrogen (secondary N) is 1. The van der Waals surface area contributed by atoms with Crippen LogP contribution in [0.15, 0.2) is 54.9 Å².